The predicted octanol–water partition coefficient (Wildman–Crippen LogP) is 4.17. The summed E-state index contributed by atoms with van der Waals surface area (Å²) in [5.74, 6) is 0.458. The number of benzene rings is 1. The lowest BCUT2D eigenvalue weighted by Gasteiger charge is -2.23. The summed E-state index contributed by atoms with van der Waals surface area (Å²) < 4.78 is 0. The van der Waals surface area contributed by atoms with Gasteiger partial charge in [0.15, 0.2) is 0 Å². The molecule has 3 nitrogen and oxygen atoms in total. The molecule has 0 bridgehead atoms. The zero-order valence-corrected chi connectivity index (χ0v) is 14.9. The van der Waals surface area contributed by atoms with E-state index in [2.05, 4.69) is 41.8 Å². The van der Waals surface area contributed by atoms with Gasteiger partial charge in [0.2, 0.25) is 5.91 Å². The molecule has 0 aromatic heterocycles. The van der Waals surface area contributed by atoms with Crippen LogP contribution in [0.4, 0.5) is 5.69 Å². The van der Waals surface area contributed by atoms with Crippen molar-refractivity contribution >= 4 is 24.0 Å². The molecule has 1 aliphatic carbocycles. The highest BCUT2D eigenvalue weighted by Crippen LogP contribution is 2.58. The summed E-state index contributed by atoms with van der Waals surface area (Å²) in [6.07, 6.45) is 8.32. The number of carbonyl (C=O) groups is 1. The van der Waals surface area contributed by atoms with Crippen LogP contribution < -0.4 is 10.6 Å². The van der Waals surface area contributed by atoms with Crippen molar-refractivity contribution in [3.05, 3.63) is 29.8 Å². The summed E-state index contributed by atoms with van der Waals surface area (Å²) in [4.78, 5) is 12.4. The number of hydrogen-bond acceptors (Lipinski definition) is 2. The van der Waals surface area contributed by atoms with Crippen LogP contribution in [0.3, 0.4) is 0 Å². The molecule has 1 aromatic rings. The third kappa shape index (κ3) is 4.48. The van der Waals surface area contributed by atoms with Crippen molar-refractivity contribution in [2.24, 2.45) is 11.3 Å². The molecule has 1 aliphatic heterocycles. The molecule has 2 aliphatic rings. The maximum Gasteiger partial charge on any atom is 0.228 e. The zero-order chi connectivity index (χ0) is 15.4. The van der Waals surface area contributed by atoms with E-state index in [4.69, 9.17) is 0 Å². The van der Waals surface area contributed by atoms with E-state index in [0.29, 0.717) is 5.41 Å². The average molecular weight is 337 g/mol. The summed E-state index contributed by atoms with van der Waals surface area (Å²) in [6.45, 7) is 4.36. The largest absolute Gasteiger partial charge is 0.326 e. The Morgan fingerprint density at radius 1 is 1.22 bits per heavy atom. The smallest absolute Gasteiger partial charge is 0.228 e. The summed E-state index contributed by atoms with van der Waals surface area (Å²) in [7, 11) is 0. The molecule has 2 N–H and O–H groups in total. The van der Waals surface area contributed by atoms with Gasteiger partial charge in [-0.15, -0.1) is 12.4 Å². The van der Waals surface area contributed by atoms with E-state index in [1.165, 1.54) is 24.8 Å². The molecule has 1 atom stereocenters. The van der Waals surface area contributed by atoms with Gasteiger partial charge in [0.05, 0.1) is 0 Å². The van der Waals surface area contributed by atoms with Gasteiger partial charge in [0.1, 0.15) is 0 Å². The maximum atomic E-state index is 12.4. The molecule has 4 heteroatoms. The number of piperidine rings is 1. The number of halogens is 1. The lowest BCUT2D eigenvalue weighted by atomic mass is 9.92. The van der Waals surface area contributed by atoms with Gasteiger partial charge >= 0.3 is 0 Å². The maximum absolute atomic E-state index is 12.4. The Kier molecular flexibility index (Phi) is 6.49. The number of amides is 1. The van der Waals surface area contributed by atoms with Crippen LogP contribution in [-0.4, -0.2) is 19.0 Å². The first-order chi connectivity index (χ1) is 10.7. The summed E-state index contributed by atoms with van der Waals surface area (Å²) in [5, 5.41) is 6.50. The van der Waals surface area contributed by atoms with E-state index < -0.39 is 0 Å². The van der Waals surface area contributed by atoms with Crippen LogP contribution in [0.15, 0.2) is 24.3 Å². The number of nitrogens with one attached hydrogen (secondary N) is 2. The van der Waals surface area contributed by atoms with Gasteiger partial charge in [-0.05, 0) is 68.3 Å². The molecule has 1 saturated heterocycles. The normalized spacial score (nSPS) is 21.5. The third-order valence-electron chi connectivity index (χ3n) is 5.40. The highest BCUT2D eigenvalue weighted by atomic mass is 35.5. The predicted molar refractivity (Wildman–Crippen MR) is 98.2 cm³/mol. The number of aryl methyl sites for hydroxylation is 1. The van der Waals surface area contributed by atoms with Crippen LogP contribution in [0.1, 0.15) is 51.0 Å². The first kappa shape index (κ1) is 18.3. The van der Waals surface area contributed by atoms with E-state index in [-0.39, 0.29) is 24.2 Å². The molecule has 0 radical (unpaired) electrons. The van der Waals surface area contributed by atoms with Crippen LogP contribution in [0, 0.1) is 11.3 Å². The Morgan fingerprint density at radius 2 is 1.91 bits per heavy atom. The van der Waals surface area contributed by atoms with Crippen molar-refractivity contribution in [1.29, 1.82) is 0 Å². The number of unbranched alkanes of at least 4 members (excludes halogenated alkanes) is 2. The van der Waals surface area contributed by atoms with E-state index in [1.54, 1.807) is 0 Å². The average Bonchev–Trinajstić information content (AvgIpc) is 3.23. The fraction of sp³-hybridized carbons (Fsp3) is 0.632. The van der Waals surface area contributed by atoms with E-state index in [9.17, 15) is 4.79 Å². The van der Waals surface area contributed by atoms with E-state index in [1.807, 2.05) is 0 Å². The molecule has 1 aromatic carbocycles. The van der Waals surface area contributed by atoms with Crippen molar-refractivity contribution in [2.45, 2.75) is 51.9 Å². The van der Waals surface area contributed by atoms with Crippen molar-refractivity contribution in [3.63, 3.8) is 0 Å². The van der Waals surface area contributed by atoms with Crippen LogP contribution in [0.5, 0.6) is 0 Å². The molecule has 1 spiro atoms. The standard InChI is InChI=1S/C19H28N2O.ClH/c1-2-3-4-5-15-6-8-16(9-7-15)21-18(22)17-14-19(17)10-12-20-13-11-19;/h6-9,17,20H,2-5,10-14H2,1H3,(H,21,22);1H. The van der Waals surface area contributed by atoms with Crippen molar-refractivity contribution < 1.29 is 4.79 Å². The fourth-order valence-corrected chi connectivity index (χ4v) is 3.76. The highest BCUT2D eigenvalue weighted by Gasteiger charge is 2.57. The summed E-state index contributed by atoms with van der Waals surface area (Å²) in [5.41, 5.74) is 2.63. The van der Waals surface area contributed by atoms with Crippen LogP contribution in [-0.2, 0) is 11.2 Å². The molecule has 1 unspecified atom stereocenters. The Bertz CT molecular complexity index is 509. The van der Waals surface area contributed by atoms with Crippen LogP contribution in [0.2, 0.25) is 0 Å². The number of rotatable bonds is 6. The van der Waals surface area contributed by atoms with Gasteiger partial charge in [0, 0.05) is 11.6 Å². The Labute approximate surface area is 146 Å². The monoisotopic (exact) mass is 336 g/mol. The van der Waals surface area contributed by atoms with E-state index in [0.717, 1.165) is 44.5 Å². The van der Waals surface area contributed by atoms with Gasteiger partial charge in [-0.25, -0.2) is 0 Å². The Hall–Kier alpha value is -1.06. The van der Waals surface area contributed by atoms with Crippen molar-refractivity contribution in [1.82, 2.24) is 5.32 Å². The molecule has 3 rings (SSSR count). The SMILES string of the molecule is CCCCCc1ccc(NC(=O)C2CC23CCNCC3)cc1.Cl. The Balaban J connectivity index is 0.00000192. The molecule has 2 fully saturated rings. The summed E-state index contributed by atoms with van der Waals surface area (Å²) in [6, 6.07) is 8.41. The number of hydrogen-bond donors (Lipinski definition) is 2. The third-order valence-corrected chi connectivity index (χ3v) is 5.40. The quantitative estimate of drug-likeness (QED) is 0.765. The highest BCUT2D eigenvalue weighted by molar-refractivity contribution is 5.95. The second-order valence-corrected chi connectivity index (χ2v) is 7.01. The fourth-order valence-electron chi connectivity index (χ4n) is 3.76. The zero-order valence-electron chi connectivity index (χ0n) is 14.1. The van der Waals surface area contributed by atoms with Gasteiger partial charge in [-0.2, -0.15) is 0 Å². The van der Waals surface area contributed by atoms with Gasteiger partial charge in [-0.3, -0.25) is 4.79 Å². The summed E-state index contributed by atoms with van der Waals surface area (Å²) >= 11 is 0. The van der Waals surface area contributed by atoms with Crippen LogP contribution in [0.25, 0.3) is 0 Å². The number of carbonyl (C=O) groups excluding carboxylic acids is 1. The lowest BCUT2D eigenvalue weighted by Crippen LogP contribution is -2.31. The molecule has 1 saturated carbocycles. The molecular formula is C19H29ClN2O. The lowest BCUT2D eigenvalue weighted by molar-refractivity contribution is -0.118. The molecular weight excluding hydrogens is 308 g/mol. The second-order valence-electron chi connectivity index (χ2n) is 7.01. The van der Waals surface area contributed by atoms with Crippen LogP contribution >= 0.6 is 12.4 Å². The molecule has 1 heterocycles. The van der Waals surface area contributed by atoms with Crippen molar-refractivity contribution in [3.8, 4) is 0 Å². The minimum Gasteiger partial charge on any atom is -0.326 e. The molecule has 23 heavy (non-hydrogen) atoms. The number of anilines is 1. The first-order valence-electron chi connectivity index (χ1n) is 8.84. The van der Waals surface area contributed by atoms with Crippen molar-refractivity contribution in [2.75, 3.05) is 18.4 Å². The molecule has 1 amide bonds. The molecule has 128 valence electrons. The first-order valence-corrected chi connectivity index (χ1v) is 8.84. The van der Waals surface area contributed by atoms with Gasteiger partial charge in [0.25, 0.3) is 0 Å². The topological polar surface area (TPSA) is 41.1 Å². The second kappa shape index (κ2) is 8.16. The van der Waals surface area contributed by atoms with Gasteiger partial charge in [-0.1, -0.05) is 31.9 Å². The minimum atomic E-state index is 0. The Morgan fingerprint density at radius 3 is 2.57 bits per heavy atom. The van der Waals surface area contributed by atoms with E-state index >= 15 is 0 Å². The minimum absolute atomic E-state index is 0. The van der Waals surface area contributed by atoms with Gasteiger partial charge < -0.3 is 10.6 Å².